The first-order valence-corrected chi connectivity index (χ1v) is 6.38. The molecule has 0 saturated heterocycles. The van der Waals surface area contributed by atoms with E-state index in [0.29, 0.717) is 6.61 Å². The van der Waals surface area contributed by atoms with Gasteiger partial charge in [0, 0.05) is 6.04 Å². The largest absolute Gasteiger partial charge is 0.494 e. The van der Waals surface area contributed by atoms with Crippen LogP contribution in [0.2, 0.25) is 0 Å². The van der Waals surface area contributed by atoms with Crippen LogP contribution in [0.25, 0.3) is 0 Å². The van der Waals surface area contributed by atoms with Gasteiger partial charge in [-0.1, -0.05) is 6.07 Å². The van der Waals surface area contributed by atoms with Crippen molar-refractivity contribution in [1.82, 2.24) is 0 Å². The van der Waals surface area contributed by atoms with Gasteiger partial charge < -0.3 is 15.2 Å². The molecule has 0 spiro atoms. The van der Waals surface area contributed by atoms with Gasteiger partial charge in [0.1, 0.15) is 0 Å². The highest BCUT2D eigenvalue weighted by molar-refractivity contribution is 5.28. The van der Waals surface area contributed by atoms with Crippen LogP contribution in [-0.2, 0) is 11.3 Å². The minimum Gasteiger partial charge on any atom is -0.494 e. The van der Waals surface area contributed by atoms with E-state index in [2.05, 4.69) is 0 Å². The highest BCUT2D eigenvalue weighted by Crippen LogP contribution is 2.22. The van der Waals surface area contributed by atoms with E-state index in [0.717, 1.165) is 31.2 Å². The van der Waals surface area contributed by atoms with Crippen LogP contribution >= 0.6 is 0 Å². The monoisotopic (exact) mass is 253 g/mol. The lowest BCUT2D eigenvalue weighted by Gasteiger charge is -2.26. The first kappa shape index (κ1) is 13.3. The zero-order valence-electron chi connectivity index (χ0n) is 10.7. The van der Waals surface area contributed by atoms with Gasteiger partial charge in [-0.05, 0) is 43.4 Å². The van der Waals surface area contributed by atoms with Gasteiger partial charge in [-0.25, -0.2) is 4.39 Å². The first-order valence-electron chi connectivity index (χ1n) is 6.38. The van der Waals surface area contributed by atoms with Gasteiger partial charge in [0.25, 0.3) is 0 Å². The highest BCUT2D eigenvalue weighted by Gasteiger charge is 2.19. The molecule has 1 aliphatic carbocycles. The third-order valence-electron chi connectivity index (χ3n) is 3.37. The lowest BCUT2D eigenvalue weighted by molar-refractivity contribution is 0.0121. The zero-order chi connectivity index (χ0) is 13.0. The minimum atomic E-state index is -0.348. The number of halogens is 1. The molecule has 2 N–H and O–H groups in total. The summed E-state index contributed by atoms with van der Waals surface area (Å²) in [6, 6.07) is 5.16. The van der Waals surface area contributed by atoms with E-state index in [1.165, 1.54) is 13.2 Å². The van der Waals surface area contributed by atoms with Gasteiger partial charge in [-0.15, -0.1) is 0 Å². The van der Waals surface area contributed by atoms with Crippen LogP contribution in [0.4, 0.5) is 4.39 Å². The average Bonchev–Trinajstić information content (AvgIpc) is 2.37. The maximum absolute atomic E-state index is 13.5. The van der Waals surface area contributed by atoms with E-state index in [4.69, 9.17) is 15.2 Å². The molecule has 1 aliphatic rings. The molecule has 0 radical (unpaired) electrons. The Hall–Kier alpha value is -1.13. The predicted octanol–water partition coefficient (Wildman–Crippen LogP) is 2.62. The smallest absolute Gasteiger partial charge is 0.165 e. The van der Waals surface area contributed by atoms with Crippen molar-refractivity contribution >= 4 is 0 Å². The van der Waals surface area contributed by atoms with Crippen molar-refractivity contribution in [2.75, 3.05) is 7.11 Å². The van der Waals surface area contributed by atoms with E-state index in [-0.39, 0.29) is 23.7 Å². The van der Waals surface area contributed by atoms with Gasteiger partial charge in [-0.3, -0.25) is 0 Å². The highest BCUT2D eigenvalue weighted by atomic mass is 19.1. The molecule has 2 unspecified atom stereocenters. The molecule has 1 aromatic carbocycles. The molecule has 4 heteroatoms. The van der Waals surface area contributed by atoms with E-state index >= 15 is 0 Å². The Balaban J connectivity index is 1.88. The van der Waals surface area contributed by atoms with Crippen molar-refractivity contribution in [2.45, 2.75) is 44.4 Å². The Morgan fingerprint density at radius 1 is 1.39 bits per heavy atom. The Bertz CT molecular complexity index is 397. The van der Waals surface area contributed by atoms with Crippen LogP contribution < -0.4 is 10.5 Å². The van der Waals surface area contributed by atoms with Gasteiger partial charge in [-0.2, -0.15) is 0 Å². The minimum absolute atomic E-state index is 0.207. The van der Waals surface area contributed by atoms with Crippen LogP contribution in [0, 0.1) is 5.82 Å². The standard InChI is InChI=1S/C14H20FNO2/c1-17-14-6-5-10(7-13(14)15)9-18-12-4-2-3-11(16)8-12/h5-7,11-12H,2-4,8-9,16H2,1H3. The molecule has 3 nitrogen and oxygen atoms in total. The normalized spacial score (nSPS) is 23.9. The molecule has 100 valence electrons. The average molecular weight is 253 g/mol. The van der Waals surface area contributed by atoms with Crippen LogP contribution in [0.15, 0.2) is 18.2 Å². The Kier molecular flexibility index (Phi) is 4.55. The summed E-state index contributed by atoms with van der Waals surface area (Å²) in [7, 11) is 1.46. The number of hydrogen-bond donors (Lipinski definition) is 1. The molecule has 2 atom stereocenters. The summed E-state index contributed by atoms with van der Waals surface area (Å²) < 4.78 is 24.1. The third-order valence-corrected chi connectivity index (χ3v) is 3.37. The fourth-order valence-electron chi connectivity index (χ4n) is 2.35. The van der Waals surface area contributed by atoms with Crippen molar-refractivity contribution in [1.29, 1.82) is 0 Å². The van der Waals surface area contributed by atoms with Gasteiger partial charge in [0.2, 0.25) is 0 Å². The molecule has 0 bridgehead atoms. The van der Waals surface area contributed by atoms with E-state index < -0.39 is 0 Å². The lowest BCUT2D eigenvalue weighted by Crippen LogP contribution is -2.32. The van der Waals surface area contributed by atoms with Crippen molar-refractivity contribution in [2.24, 2.45) is 5.73 Å². The molecule has 2 rings (SSSR count). The van der Waals surface area contributed by atoms with Gasteiger partial charge in [0.15, 0.2) is 11.6 Å². The molecule has 0 amide bonds. The second-order valence-corrected chi connectivity index (χ2v) is 4.83. The number of nitrogens with two attached hydrogens (primary N) is 1. The summed E-state index contributed by atoms with van der Waals surface area (Å²) in [6.07, 6.45) is 4.35. The van der Waals surface area contributed by atoms with Crippen molar-refractivity contribution in [3.8, 4) is 5.75 Å². The molecule has 1 aromatic rings. The fraction of sp³-hybridized carbons (Fsp3) is 0.571. The zero-order valence-corrected chi connectivity index (χ0v) is 10.7. The second kappa shape index (κ2) is 6.16. The molecular weight excluding hydrogens is 233 g/mol. The summed E-state index contributed by atoms with van der Waals surface area (Å²) in [5, 5.41) is 0. The topological polar surface area (TPSA) is 44.5 Å². The summed E-state index contributed by atoms with van der Waals surface area (Å²) in [4.78, 5) is 0. The third kappa shape index (κ3) is 3.43. The predicted molar refractivity (Wildman–Crippen MR) is 68.0 cm³/mol. The maximum Gasteiger partial charge on any atom is 0.165 e. The van der Waals surface area contributed by atoms with Crippen LogP contribution in [-0.4, -0.2) is 19.3 Å². The molecular formula is C14H20FNO2. The Morgan fingerprint density at radius 3 is 2.89 bits per heavy atom. The van der Waals surface area contributed by atoms with Crippen LogP contribution in [0.5, 0.6) is 5.75 Å². The Morgan fingerprint density at radius 2 is 2.22 bits per heavy atom. The fourth-order valence-corrected chi connectivity index (χ4v) is 2.35. The summed E-state index contributed by atoms with van der Waals surface area (Å²) >= 11 is 0. The SMILES string of the molecule is COc1ccc(COC2CCCC(N)C2)cc1F. The Labute approximate surface area is 107 Å². The molecule has 0 aromatic heterocycles. The molecule has 0 aliphatic heterocycles. The van der Waals surface area contributed by atoms with E-state index in [9.17, 15) is 4.39 Å². The molecule has 18 heavy (non-hydrogen) atoms. The molecule has 1 saturated carbocycles. The summed E-state index contributed by atoms with van der Waals surface area (Å²) in [5.41, 5.74) is 6.73. The number of benzene rings is 1. The molecule has 0 heterocycles. The summed E-state index contributed by atoms with van der Waals surface area (Å²) in [6.45, 7) is 0.429. The summed E-state index contributed by atoms with van der Waals surface area (Å²) in [5.74, 6) is -0.0858. The van der Waals surface area contributed by atoms with Gasteiger partial charge in [0.05, 0.1) is 19.8 Å². The van der Waals surface area contributed by atoms with Crippen LogP contribution in [0.1, 0.15) is 31.2 Å². The number of hydrogen-bond acceptors (Lipinski definition) is 3. The number of ether oxygens (including phenoxy) is 2. The lowest BCUT2D eigenvalue weighted by atomic mass is 9.93. The second-order valence-electron chi connectivity index (χ2n) is 4.83. The quantitative estimate of drug-likeness (QED) is 0.897. The number of rotatable bonds is 4. The number of methoxy groups -OCH3 is 1. The van der Waals surface area contributed by atoms with E-state index in [1.54, 1.807) is 6.07 Å². The van der Waals surface area contributed by atoms with Gasteiger partial charge >= 0.3 is 0 Å². The maximum atomic E-state index is 13.5. The first-order chi connectivity index (χ1) is 8.69. The van der Waals surface area contributed by atoms with E-state index in [1.807, 2.05) is 6.07 Å². The van der Waals surface area contributed by atoms with Crippen molar-refractivity contribution < 1.29 is 13.9 Å². The van der Waals surface area contributed by atoms with Crippen LogP contribution in [0.3, 0.4) is 0 Å². The van der Waals surface area contributed by atoms with Crippen molar-refractivity contribution in [3.63, 3.8) is 0 Å². The van der Waals surface area contributed by atoms with Crippen molar-refractivity contribution in [3.05, 3.63) is 29.6 Å². The molecule has 1 fully saturated rings.